The van der Waals surface area contributed by atoms with Crippen LogP contribution >= 0.6 is 0 Å². The first-order chi connectivity index (χ1) is 16.0. The van der Waals surface area contributed by atoms with Crippen molar-refractivity contribution in [1.29, 1.82) is 0 Å². The first-order valence-electron chi connectivity index (χ1n) is 10.9. The Labute approximate surface area is 191 Å². The van der Waals surface area contributed by atoms with Gasteiger partial charge in [0, 0.05) is 35.4 Å². The van der Waals surface area contributed by atoms with Gasteiger partial charge < -0.3 is 15.0 Å². The maximum Gasteiger partial charge on any atom is 0.337 e. The van der Waals surface area contributed by atoms with Crippen molar-refractivity contribution < 1.29 is 14.7 Å². The summed E-state index contributed by atoms with van der Waals surface area (Å²) in [4.78, 5) is 29.2. The van der Waals surface area contributed by atoms with Crippen LogP contribution in [0.5, 0.6) is 0 Å². The number of rotatable bonds is 5. The maximum absolute atomic E-state index is 13.0. The van der Waals surface area contributed by atoms with Crippen LogP contribution in [0.3, 0.4) is 0 Å². The number of nitrogens with zero attached hydrogens (tertiary/aromatic N) is 2. The summed E-state index contributed by atoms with van der Waals surface area (Å²) >= 11 is 0. The van der Waals surface area contributed by atoms with Gasteiger partial charge in [0.25, 0.3) is 5.91 Å². The number of pyridine rings is 1. The van der Waals surface area contributed by atoms with Crippen LogP contribution in [0.1, 0.15) is 50.4 Å². The van der Waals surface area contributed by atoms with Crippen LogP contribution in [-0.4, -0.2) is 26.5 Å². The summed E-state index contributed by atoms with van der Waals surface area (Å²) in [5, 5.41) is 12.9. The van der Waals surface area contributed by atoms with Gasteiger partial charge in [0.1, 0.15) is 0 Å². The van der Waals surface area contributed by atoms with Crippen molar-refractivity contribution in [2.75, 3.05) is 0 Å². The number of benzene rings is 2. The van der Waals surface area contributed by atoms with Gasteiger partial charge in [-0.15, -0.1) is 0 Å². The van der Waals surface area contributed by atoms with Crippen LogP contribution in [0, 0.1) is 0 Å². The molecule has 5 rings (SSSR count). The van der Waals surface area contributed by atoms with E-state index in [1.807, 2.05) is 66.2 Å². The van der Waals surface area contributed by atoms with Crippen molar-refractivity contribution >= 4 is 11.9 Å². The van der Waals surface area contributed by atoms with Crippen molar-refractivity contribution in [1.82, 2.24) is 14.9 Å². The fraction of sp³-hybridized carbons (Fsp3) is 0.148. The molecular formula is C27H23N3O3. The molecule has 4 aromatic rings. The van der Waals surface area contributed by atoms with Gasteiger partial charge in [-0.25, -0.2) is 4.79 Å². The molecule has 1 atom stereocenters. The second-order valence-electron chi connectivity index (χ2n) is 8.23. The van der Waals surface area contributed by atoms with E-state index in [-0.39, 0.29) is 11.9 Å². The molecule has 2 heterocycles. The highest BCUT2D eigenvalue weighted by Crippen LogP contribution is 2.38. The number of carbonyl (C=O) groups is 2. The highest BCUT2D eigenvalue weighted by atomic mass is 16.4. The summed E-state index contributed by atoms with van der Waals surface area (Å²) in [5.41, 5.74) is 6.31. The lowest BCUT2D eigenvalue weighted by Gasteiger charge is -2.20. The second kappa shape index (κ2) is 8.39. The van der Waals surface area contributed by atoms with E-state index < -0.39 is 5.97 Å². The van der Waals surface area contributed by atoms with Gasteiger partial charge in [0.2, 0.25) is 0 Å². The molecule has 2 N–H and O–H groups in total. The summed E-state index contributed by atoms with van der Waals surface area (Å²) in [7, 11) is 0. The van der Waals surface area contributed by atoms with Gasteiger partial charge in [-0.05, 0) is 60.7 Å². The predicted molar refractivity (Wildman–Crippen MR) is 126 cm³/mol. The zero-order valence-electron chi connectivity index (χ0n) is 18.2. The van der Waals surface area contributed by atoms with Crippen molar-refractivity contribution in [2.45, 2.75) is 25.8 Å². The largest absolute Gasteiger partial charge is 0.478 e. The standard InChI is InChI=1S/C27H23N3O3/c1-17(18-6-3-2-4-7-18)29-26(31)19-8-5-9-21(14-19)30-16-24(27(32)33)23-11-10-20-15-28-13-12-22(20)25(23)30/h2-9,12-17H,10-11H2,1H3,(H,29,31)(H,32,33). The van der Waals surface area contributed by atoms with E-state index in [9.17, 15) is 14.7 Å². The lowest BCUT2D eigenvalue weighted by molar-refractivity contribution is 0.0695. The first kappa shape index (κ1) is 20.7. The minimum absolute atomic E-state index is 0.139. The Balaban J connectivity index is 1.53. The number of fused-ring (bicyclic) bond motifs is 3. The third-order valence-corrected chi connectivity index (χ3v) is 6.18. The van der Waals surface area contributed by atoms with Crippen LogP contribution in [0.15, 0.2) is 79.3 Å². The van der Waals surface area contributed by atoms with E-state index >= 15 is 0 Å². The predicted octanol–water partition coefficient (Wildman–Crippen LogP) is 4.83. The van der Waals surface area contributed by atoms with Crippen molar-refractivity contribution in [3.63, 3.8) is 0 Å². The molecule has 1 unspecified atom stereocenters. The average molecular weight is 437 g/mol. The highest BCUT2D eigenvalue weighted by Gasteiger charge is 2.27. The molecule has 0 aliphatic heterocycles. The molecular weight excluding hydrogens is 414 g/mol. The molecule has 1 aliphatic carbocycles. The van der Waals surface area contributed by atoms with E-state index in [0.717, 1.165) is 40.1 Å². The number of aryl methyl sites for hydroxylation is 1. The quantitative estimate of drug-likeness (QED) is 0.469. The van der Waals surface area contributed by atoms with E-state index in [2.05, 4.69) is 10.3 Å². The molecule has 2 aromatic heterocycles. The Hall–Kier alpha value is -4.19. The topological polar surface area (TPSA) is 84.2 Å². The molecule has 0 saturated heterocycles. The number of carboxylic acid groups (broad SMARTS) is 1. The number of carboxylic acids is 1. The minimum Gasteiger partial charge on any atom is -0.478 e. The fourth-order valence-corrected chi connectivity index (χ4v) is 4.50. The van der Waals surface area contributed by atoms with Gasteiger partial charge in [0.05, 0.1) is 17.3 Å². The van der Waals surface area contributed by atoms with Gasteiger partial charge in [-0.1, -0.05) is 36.4 Å². The summed E-state index contributed by atoms with van der Waals surface area (Å²) in [6.45, 7) is 1.95. The second-order valence-corrected chi connectivity index (χ2v) is 8.23. The smallest absolute Gasteiger partial charge is 0.337 e. The molecule has 0 fully saturated rings. The van der Waals surface area contributed by atoms with Crippen LogP contribution in [0.25, 0.3) is 16.9 Å². The van der Waals surface area contributed by atoms with Crippen LogP contribution in [-0.2, 0) is 12.8 Å². The van der Waals surface area contributed by atoms with Crippen molar-refractivity contribution in [2.24, 2.45) is 0 Å². The zero-order chi connectivity index (χ0) is 22.9. The third kappa shape index (κ3) is 3.80. The summed E-state index contributed by atoms with van der Waals surface area (Å²) < 4.78 is 1.88. The summed E-state index contributed by atoms with van der Waals surface area (Å²) in [5.74, 6) is -1.13. The monoisotopic (exact) mass is 437 g/mol. The molecule has 0 saturated carbocycles. The SMILES string of the molecule is CC(NC(=O)c1cccc(-n2cc(C(=O)O)c3c2-c2ccncc2CC3)c1)c1ccccc1. The summed E-state index contributed by atoms with van der Waals surface area (Å²) in [6.07, 6.45) is 6.61. The van der Waals surface area contributed by atoms with E-state index in [0.29, 0.717) is 17.5 Å². The van der Waals surface area contributed by atoms with Crippen LogP contribution in [0.4, 0.5) is 0 Å². The Kier molecular flexibility index (Phi) is 5.26. The van der Waals surface area contributed by atoms with Gasteiger partial charge in [-0.2, -0.15) is 0 Å². The maximum atomic E-state index is 13.0. The van der Waals surface area contributed by atoms with E-state index in [1.54, 1.807) is 24.5 Å². The summed E-state index contributed by atoms with van der Waals surface area (Å²) in [6, 6.07) is 18.9. The lowest BCUT2D eigenvalue weighted by Crippen LogP contribution is -2.26. The number of aromatic nitrogens is 2. The van der Waals surface area contributed by atoms with Gasteiger partial charge in [0.15, 0.2) is 0 Å². The minimum atomic E-state index is -0.951. The number of hydrogen-bond acceptors (Lipinski definition) is 3. The number of hydrogen-bond donors (Lipinski definition) is 2. The zero-order valence-corrected chi connectivity index (χ0v) is 18.2. The van der Waals surface area contributed by atoms with Gasteiger partial charge >= 0.3 is 5.97 Å². The number of amides is 1. The molecule has 0 radical (unpaired) electrons. The molecule has 33 heavy (non-hydrogen) atoms. The number of aromatic carboxylic acids is 1. The Morgan fingerprint density at radius 1 is 1.06 bits per heavy atom. The number of carbonyl (C=O) groups excluding carboxylic acids is 1. The molecule has 6 nitrogen and oxygen atoms in total. The van der Waals surface area contributed by atoms with Crippen molar-refractivity contribution in [3.05, 3.63) is 107 Å². The van der Waals surface area contributed by atoms with E-state index in [4.69, 9.17) is 0 Å². The average Bonchev–Trinajstić information content (AvgIpc) is 3.25. The van der Waals surface area contributed by atoms with Crippen LogP contribution in [0.2, 0.25) is 0 Å². The van der Waals surface area contributed by atoms with Crippen molar-refractivity contribution in [3.8, 4) is 16.9 Å². The molecule has 2 aromatic carbocycles. The molecule has 164 valence electrons. The normalized spacial score (nSPS) is 13.0. The van der Waals surface area contributed by atoms with E-state index in [1.165, 1.54) is 0 Å². The van der Waals surface area contributed by atoms with Crippen LogP contribution < -0.4 is 5.32 Å². The number of nitrogens with one attached hydrogen (secondary N) is 1. The molecule has 1 amide bonds. The Bertz CT molecular complexity index is 1360. The lowest BCUT2D eigenvalue weighted by atomic mass is 9.90. The Morgan fingerprint density at radius 3 is 2.67 bits per heavy atom. The third-order valence-electron chi connectivity index (χ3n) is 6.18. The first-order valence-corrected chi connectivity index (χ1v) is 10.9. The molecule has 0 spiro atoms. The molecule has 0 bridgehead atoms. The molecule has 1 aliphatic rings. The van der Waals surface area contributed by atoms with Gasteiger partial charge in [-0.3, -0.25) is 9.78 Å². The highest BCUT2D eigenvalue weighted by molar-refractivity contribution is 5.96. The molecule has 6 heteroatoms. The fourth-order valence-electron chi connectivity index (χ4n) is 4.50. The Morgan fingerprint density at radius 2 is 1.88 bits per heavy atom.